The number of carbonyl (C=O) groups excluding carboxylic acids is 1. The number of aromatic amines is 1. The number of rotatable bonds is 4. The Hall–Kier alpha value is -3.55. The van der Waals surface area contributed by atoms with E-state index in [1.165, 1.54) is 12.1 Å². The summed E-state index contributed by atoms with van der Waals surface area (Å²) < 4.78 is 31.7. The quantitative estimate of drug-likeness (QED) is 0.588. The van der Waals surface area contributed by atoms with Crippen molar-refractivity contribution in [2.24, 2.45) is 0 Å². The molecule has 0 unspecified atom stereocenters. The van der Waals surface area contributed by atoms with E-state index in [1.807, 2.05) is 24.3 Å². The Morgan fingerprint density at radius 2 is 2.00 bits per heavy atom. The van der Waals surface area contributed by atoms with Gasteiger partial charge in [-0.05, 0) is 24.3 Å². The van der Waals surface area contributed by atoms with Crippen LogP contribution in [0, 0.1) is 11.6 Å². The predicted octanol–water partition coefficient (Wildman–Crippen LogP) is 3.43. The fraction of sp³-hybridized carbons (Fsp3) is 0.0556. The van der Waals surface area contributed by atoms with E-state index >= 15 is 0 Å². The van der Waals surface area contributed by atoms with Crippen molar-refractivity contribution in [3.63, 3.8) is 0 Å². The topological polar surface area (TPSA) is 83.8 Å². The Morgan fingerprint density at radius 1 is 1.15 bits per heavy atom. The lowest BCUT2D eigenvalue weighted by Gasteiger charge is -1.99. The molecule has 0 saturated carbocycles. The molecule has 0 atom stereocenters. The molecule has 4 aromatic rings. The number of fused-ring (bicyclic) bond motifs is 1. The third kappa shape index (κ3) is 3.04. The molecule has 0 fully saturated rings. The van der Waals surface area contributed by atoms with E-state index in [0.29, 0.717) is 5.82 Å². The first-order valence-electron chi connectivity index (χ1n) is 7.74. The summed E-state index contributed by atoms with van der Waals surface area (Å²) in [7, 11) is 0. The molecule has 0 aliphatic carbocycles. The van der Waals surface area contributed by atoms with Gasteiger partial charge in [0.1, 0.15) is 17.5 Å². The molecule has 4 rings (SSSR count). The molecule has 26 heavy (non-hydrogen) atoms. The molecular formula is C18H12F2N4O2. The number of para-hydroxylation sites is 2. The van der Waals surface area contributed by atoms with E-state index in [9.17, 15) is 13.6 Å². The van der Waals surface area contributed by atoms with Crippen LogP contribution >= 0.6 is 0 Å². The Kier molecular flexibility index (Phi) is 3.92. The fourth-order valence-electron chi connectivity index (χ4n) is 2.54. The predicted molar refractivity (Wildman–Crippen MR) is 89.1 cm³/mol. The molecule has 130 valence electrons. The molecule has 2 aromatic carbocycles. The number of imidazole rings is 1. The standard InChI is InChI=1S/C18H12F2N4O2/c19-10-5-6-11(12(20)7-10)16-8-15(24-26-16)18(25)21-9-17-22-13-3-1-2-4-14(13)23-17/h1-8H,9H2,(H,21,25)(H,22,23). The zero-order valence-corrected chi connectivity index (χ0v) is 13.3. The maximum atomic E-state index is 13.8. The second-order valence-corrected chi connectivity index (χ2v) is 5.58. The second kappa shape index (κ2) is 6.40. The van der Waals surface area contributed by atoms with Crippen LogP contribution in [-0.4, -0.2) is 21.0 Å². The molecule has 0 aliphatic heterocycles. The van der Waals surface area contributed by atoms with Gasteiger partial charge in [-0.2, -0.15) is 0 Å². The highest BCUT2D eigenvalue weighted by Crippen LogP contribution is 2.24. The van der Waals surface area contributed by atoms with Gasteiger partial charge in [0.05, 0.1) is 23.1 Å². The third-order valence-corrected chi connectivity index (χ3v) is 3.79. The lowest BCUT2D eigenvalue weighted by atomic mass is 10.1. The number of aromatic nitrogens is 3. The summed E-state index contributed by atoms with van der Waals surface area (Å²) in [5.41, 5.74) is 1.68. The van der Waals surface area contributed by atoms with Gasteiger partial charge < -0.3 is 14.8 Å². The van der Waals surface area contributed by atoms with Crippen LogP contribution < -0.4 is 5.32 Å². The maximum absolute atomic E-state index is 13.8. The number of halogens is 2. The van der Waals surface area contributed by atoms with E-state index in [-0.39, 0.29) is 23.6 Å². The molecule has 0 bridgehead atoms. The van der Waals surface area contributed by atoms with E-state index in [0.717, 1.165) is 23.2 Å². The Labute approximate surface area is 145 Å². The molecule has 2 heterocycles. The summed E-state index contributed by atoms with van der Waals surface area (Å²) in [6, 6.07) is 11.9. The summed E-state index contributed by atoms with van der Waals surface area (Å²) in [5, 5.41) is 6.29. The zero-order valence-electron chi connectivity index (χ0n) is 13.3. The molecule has 0 aliphatic rings. The van der Waals surface area contributed by atoms with Crippen LogP contribution in [0.5, 0.6) is 0 Å². The number of nitrogens with zero attached hydrogens (tertiary/aromatic N) is 2. The van der Waals surface area contributed by atoms with Gasteiger partial charge in [0.15, 0.2) is 11.5 Å². The highest BCUT2D eigenvalue weighted by Gasteiger charge is 2.16. The van der Waals surface area contributed by atoms with Crippen LogP contribution in [0.2, 0.25) is 0 Å². The van der Waals surface area contributed by atoms with Crippen molar-refractivity contribution in [1.29, 1.82) is 0 Å². The van der Waals surface area contributed by atoms with Crippen LogP contribution in [0.15, 0.2) is 53.1 Å². The van der Waals surface area contributed by atoms with E-state index in [2.05, 4.69) is 20.4 Å². The summed E-state index contributed by atoms with van der Waals surface area (Å²) in [4.78, 5) is 19.6. The molecule has 1 amide bonds. The van der Waals surface area contributed by atoms with Gasteiger partial charge in [0, 0.05) is 12.1 Å². The minimum Gasteiger partial charge on any atom is -0.355 e. The SMILES string of the molecule is O=C(NCc1nc2ccccc2[nH]1)c1cc(-c2ccc(F)cc2F)on1. The van der Waals surface area contributed by atoms with Crippen LogP contribution in [-0.2, 0) is 6.54 Å². The summed E-state index contributed by atoms with van der Waals surface area (Å²) in [5.74, 6) is -1.36. The van der Waals surface area contributed by atoms with E-state index in [4.69, 9.17) is 4.52 Å². The van der Waals surface area contributed by atoms with Crippen molar-refractivity contribution < 1.29 is 18.1 Å². The van der Waals surface area contributed by atoms with Crippen molar-refractivity contribution in [2.45, 2.75) is 6.54 Å². The highest BCUT2D eigenvalue weighted by molar-refractivity contribution is 5.93. The van der Waals surface area contributed by atoms with Crippen LogP contribution in [0.3, 0.4) is 0 Å². The molecule has 0 radical (unpaired) electrons. The van der Waals surface area contributed by atoms with Crippen molar-refractivity contribution >= 4 is 16.9 Å². The lowest BCUT2D eigenvalue weighted by Crippen LogP contribution is -2.23. The van der Waals surface area contributed by atoms with Crippen molar-refractivity contribution in [2.75, 3.05) is 0 Å². The first-order valence-corrected chi connectivity index (χ1v) is 7.74. The van der Waals surface area contributed by atoms with Gasteiger partial charge in [0.25, 0.3) is 5.91 Å². The van der Waals surface area contributed by atoms with Gasteiger partial charge in [-0.25, -0.2) is 13.8 Å². The molecule has 0 saturated heterocycles. The van der Waals surface area contributed by atoms with Crippen LogP contribution in [0.25, 0.3) is 22.4 Å². The minimum absolute atomic E-state index is 0.0140. The summed E-state index contributed by atoms with van der Waals surface area (Å²) in [6.07, 6.45) is 0. The molecule has 2 aromatic heterocycles. The Balaban J connectivity index is 1.47. The van der Waals surface area contributed by atoms with E-state index in [1.54, 1.807) is 0 Å². The number of amides is 1. The van der Waals surface area contributed by atoms with Gasteiger partial charge in [-0.1, -0.05) is 17.3 Å². The average Bonchev–Trinajstić information content (AvgIpc) is 3.26. The normalized spacial score (nSPS) is 11.0. The number of nitrogens with one attached hydrogen (secondary N) is 2. The van der Waals surface area contributed by atoms with Crippen LogP contribution in [0.1, 0.15) is 16.3 Å². The average molecular weight is 354 g/mol. The van der Waals surface area contributed by atoms with Crippen molar-refractivity contribution in [3.05, 3.63) is 71.7 Å². The van der Waals surface area contributed by atoms with Gasteiger partial charge in [-0.3, -0.25) is 4.79 Å². The van der Waals surface area contributed by atoms with Gasteiger partial charge in [0.2, 0.25) is 0 Å². The Bertz CT molecular complexity index is 1070. The van der Waals surface area contributed by atoms with Crippen molar-refractivity contribution in [1.82, 2.24) is 20.4 Å². The summed E-state index contributed by atoms with van der Waals surface area (Å²) >= 11 is 0. The third-order valence-electron chi connectivity index (χ3n) is 3.79. The first kappa shape index (κ1) is 15.9. The smallest absolute Gasteiger partial charge is 0.273 e. The largest absolute Gasteiger partial charge is 0.355 e. The van der Waals surface area contributed by atoms with Gasteiger partial charge >= 0.3 is 0 Å². The zero-order chi connectivity index (χ0) is 18.1. The second-order valence-electron chi connectivity index (χ2n) is 5.58. The lowest BCUT2D eigenvalue weighted by molar-refractivity contribution is 0.0941. The molecular weight excluding hydrogens is 342 g/mol. The maximum Gasteiger partial charge on any atom is 0.273 e. The monoisotopic (exact) mass is 354 g/mol. The number of hydrogen-bond acceptors (Lipinski definition) is 4. The molecule has 6 nitrogen and oxygen atoms in total. The number of benzene rings is 2. The fourth-order valence-corrected chi connectivity index (χ4v) is 2.54. The Morgan fingerprint density at radius 3 is 2.81 bits per heavy atom. The van der Waals surface area contributed by atoms with Crippen LogP contribution in [0.4, 0.5) is 8.78 Å². The summed E-state index contributed by atoms with van der Waals surface area (Å²) in [6.45, 7) is 0.167. The first-order chi connectivity index (χ1) is 12.6. The molecule has 0 spiro atoms. The number of H-pyrrole nitrogens is 1. The van der Waals surface area contributed by atoms with Gasteiger partial charge in [-0.15, -0.1) is 0 Å². The minimum atomic E-state index is -0.796. The van der Waals surface area contributed by atoms with Crippen molar-refractivity contribution in [3.8, 4) is 11.3 Å². The molecule has 2 N–H and O–H groups in total. The molecule has 8 heteroatoms. The highest BCUT2D eigenvalue weighted by atomic mass is 19.1. The van der Waals surface area contributed by atoms with E-state index < -0.39 is 17.5 Å². The number of hydrogen-bond donors (Lipinski definition) is 2. The number of carbonyl (C=O) groups is 1.